The van der Waals surface area contributed by atoms with Gasteiger partial charge in [-0.3, -0.25) is 9.69 Å². The third-order valence-electron chi connectivity index (χ3n) is 3.93. The van der Waals surface area contributed by atoms with Gasteiger partial charge in [-0.25, -0.2) is 0 Å². The van der Waals surface area contributed by atoms with Gasteiger partial charge in [-0.1, -0.05) is 35.0 Å². The molecule has 126 valence electrons. The summed E-state index contributed by atoms with van der Waals surface area (Å²) in [6.07, 6.45) is 0. The van der Waals surface area contributed by atoms with E-state index in [1.54, 1.807) is 11.0 Å². The van der Waals surface area contributed by atoms with Crippen molar-refractivity contribution < 1.29 is 14.1 Å². The zero-order valence-corrected chi connectivity index (χ0v) is 14.2. The number of fused-ring (bicyclic) bond motifs is 1. The molecule has 1 amide bonds. The SMILES string of the molecule is Cc1ccc2c(c1)OCC(=O)N2Cc1nc(-c2ccccc2Cl)no1. The third-order valence-corrected chi connectivity index (χ3v) is 4.26. The first-order valence-electron chi connectivity index (χ1n) is 7.73. The highest BCUT2D eigenvalue weighted by atomic mass is 35.5. The Morgan fingerprint density at radius 2 is 2.08 bits per heavy atom. The van der Waals surface area contributed by atoms with Gasteiger partial charge in [0.1, 0.15) is 12.3 Å². The minimum absolute atomic E-state index is 0.0119. The molecule has 0 unspecified atom stereocenters. The van der Waals surface area contributed by atoms with E-state index in [9.17, 15) is 4.79 Å². The highest BCUT2D eigenvalue weighted by Gasteiger charge is 2.27. The van der Waals surface area contributed by atoms with Gasteiger partial charge < -0.3 is 9.26 Å². The fourth-order valence-corrected chi connectivity index (χ4v) is 2.91. The van der Waals surface area contributed by atoms with Crippen LogP contribution in [0.4, 0.5) is 5.69 Å². The normalized spacial score (nSPS) is 13.5. The predicted molar refractivity (Wildman–Crippen MR) is 92.6 cm³/mol. The van der Waals surface area contributed by atoms with Crippen LogP contribution >= 0.6 is 11.6 Å². The van der Waals surface area contributed by atoms with Crippen molar-refractivity contribution in [2.75, 3.05) is 11.5 Å². The number of nitrogens with zero attached hydrogens (tertiary/aromatic N) is 3. The summed E-state index contributed by atoms with van der Waals surface area (Å²) in [5, 5.41) is 4.51. The van der Waals surface area contributed by atoms with Gasteiger partial charge in [0.2, 0.25) is 11.7 Å². The van der Waals surface area contributed by atoms with E-state index in [0.29, 0.717) is 33.7 Å². The van der Waals surface area contributed by atoms with E-state index in [0.717, 1.165) is 5.56 Å². The van der Waals surface area contributed by atoms with Crippen molar-refractivity contribution in [3.8, 4) is 17.1 Å². The molecular formula is C18H14ClN3O3. The van der Waals surface area contributed by atoms with Crippen LogP contribution in [0.15, 0.2) is 47.0 Å². The topological polar surface area (TPSA) is 68.5 Å². The largest absolute Gasteiger partial charge is 0.482 e. The first kappa shape index (κ1) is 15.7. The molecule has 25 heavy (non-hydrogen) atoms. The monoisotopic (exact) mass is 355 g/mol. The molecule has 6 nitrogen and oxygen atoms in total. The molecule has 1 aliphatic heterocycles. The Bertz CT molecular complexity index is 954. The zero-order chi connectivity index (χ0) is 17.4. The number of rotatable bonds is 3. The van der Waals surface area contributed by atoms with Gasteiger partial charge >= 0.3 is 0 Å². The van der Waals surface area contributed by atoms with Crippen LogP contribution in [0.5, 0.6) is 5.75 Å². The lowest BCUT2D eigenvalue weighted by molar-refractivity contribution is -0.121. The van der Waals surface area contributed by atoms with Crippen LogP contribution in [-0.2, 0) is 11.3 Å². The van der Waals surface area contributed by atoms with E-state index in [2.05, 4.69) is 10.1 Å². The van der Waals surface area contributed by atoms with Crippen molar-refractivity contribution in [1.29, 1.82) is 0 Å². The smallest absolute Gasteiger partial charge is 0.265 e. The van der Waals surface area contributed by atoms with E-state index in [4.69, 9.17) is 20.9 Å². The van der Waals surface area contributed by atoms with Crippen LogP contribution in [0, 0.1) is 6.92 Å². The van der Waals surface area contributed by atoms with Crippen LogP contribution in [0.1, 0.15) is 11.5 Å². The Morgan fingerprint density at radius 1 is 1.24 bits per heavy atom. The Labute approximate surface area is 149 Å². The molecule has 2 aromatic carbocycles. The lowest BCUT2D eigenvalue weighted by Crippen LogP contribution is -2.38. The number of benzene rings is 2. The Kier molecular flexibility index (Phi) is 3.89. The van der Waals surface area contributed by atoms with E-state index >= 15 is 0 Å². The van der Waals surface area contributed by atoms with Crippen LogP contribution in [0.3, 0.4) is 0 Å². The van der Waals surface area contributed by atoms with Gasteiger partial charge in [0.05, 0.1) is 10.7 Å². The van der Waals surface area contributed by atoms with E-state index in [-0.39, 0.29) is 19.1 Å². The van der Waals surface area contributed by atoms with Crippen LogP contribution in [0.25, 0.3) is 11.4 Å². The molecule has 0 N–H and O–H groups in total. The number of aromatic nitrogens is 2. The average molecular weight is 356 g/mol. The second kappa shape index (κ2) is 6.22. The summed E-state index contributed by atoms with van der Waals surface area (Å²) in [7, 11) is 0. The summed E-state index contributed by atoms with van der Waals surface area (Å²) in [6.45, 7) is 2.13. The summed E-state index contributed by atoms with van der Waals surface area (Å²) in [6, 6.07) is 12.9. The molecule has 0 radical (unpaired) electrons. The molecule has 0 spiro atoms. The molecule has 0 saturated carbocycles. The van der Waals surface area contributed by atoms with Crippen molar-refractivity contribution in [3.63, 3.8) is 0 Å². The summed E-state index contributed by atoms with van der Waals surface area (Å²) in [4.78, 5) is 18.2. The second-order valence-electron chi connectivity index (χ2n) is 5.73. The van der Waals surface area contributed by atoms with Crippen LogP contribution in [0.2, 0.25) is 5.02 Å². The standard InChI is InChI=1S/C18H14ClN3O3/c1-11-6-7-14-15(8-11)24-10-17(23)22(14)9-16-20-18(21-25-16)12-4-2-3-5-13(12)19/h2-8H,9-10H2,1H3. The minimum Gasteiger partial charge on any atom is -0.482 e. The molecule has 0 aliphatic carbocycles. The summed E-state index contributed by atoms with van der Waals surface area (Å²) in [5.41, 5.74) is 2.44. The molecule has 4 rings (SSSR count). The van der Waals surface area contributed by atoms with Gasteiger partial charge in [-0.2, -0.15) is 4.98 Å². The lowest BCUT2D eigenvalue weighted by Gasteiger charge is -2.28. The summed E-state index contributed by atoms with van der Waals surface area (Å²) in [5.74, 6) is 1.24. The molecule has 1 aromatic heterocycles. The van der Waals surface area contributed by atoms with E-state index in [1.165, 1.54) is 0 Å². The molecule has 0 saturated heterocycles. The quantitative estimate of drug-likeness (QED) is 0.717. The Hall–Kier alpha value is -2.86. The highest BCUT2D eigenvalue weighted by Crippen LogP contribution is 2.34. The number of halogens is 1. The minimum atomic E-state index is -0.158. The van der Waals surface area contributed by atoms with Crippen molar-refractivity contribution in [2.24, 2.45) is 0 Å². The zero-order valence-electron chi connectivity index (χ0n) is 13.4. The predicted octanol–water partition coefficient (Wildman–Crippen LogP) is 3.62. The number of hydrogen-bond acceptors (Lipinski definition) is 5. The van der Waals surface area contributed by atoms with Crippen molar-refractivity contribution >= 4 is 23.2 Å². The second-order valence-corrected chi connectivity index (χ2v) is 6.14. The summed E-state index contributed by atoms with van der Waals surface area (Å²) >= 11 is 6.16. The number of hydrogen-bond donors (Lipinski definition) is 0. The Balaban J connectivity index is 1.63. The van der Waals surface area contributed by atoms with Gasteiger partial charge in [-0.15, -0.1) is 0 Å². The number of amides is 1. The van der Waals surface area contributed by atoms with Gasteiger partial charge in [0.25, 0.3) is 5.91 Å². The molecule has 3 aromatic rings. The number of anilines is 1. The molecule has 0 atom stereocenters. The highest BCUT2D eigenvalue weighted by molar-refractivity contribution is 6.33. The molecular weight excluding hydrogens is 342 g/mol. The van der Waals surface area contributed by atoms with Gasteiger partial charge in [0.15, 0.2) is 6.61 Å². The van der Waals surface area contributed by atoms with Gasteiger partial charge in [0, 0.05) is 5.56 Å². The molecule has 1 aliphatic rings. The van der Waals surface area contributed by atoms with Crippen LogP contribution < -0.4 is 9.64 Å². The third kappa shape index (κ3) is 2.96. The summed E-state index contributed by atoms with van der Waals surface area (Å²) < 4.78 is 10.8. The Morgan fingerprint density at radius 3 is 2.92 bits per heavy atom. The fourth-order valence-electron chi connectivity index (χ4n) is 2.69. The van der Waals surface area contributed by atoms with Crippen molar-refractivity contribution in [1.82, 2.24) is 10.1 Å². The number of ether oxygens (including phenoxy) is 1. The van der Waals surface area contributed by atoms with Crippen molar-refractivity contribution in [2.45, 2.75) is 13.5 Å². The molecule has 0 bridgehead atoms. The van der Waals surface area contributed by atoms with Crippen molar-refractivity contribution in [3.05, 3.63) is 58.9 Å². The number of carbonyl (C=O) groups is 1. The maximum Gasteiger partial charge on any atom is 0.265 e. The number of aryl methyl sites for hydroxylation is 1. The molecule has 0 fully saturated rings. The maximum atomic E-state index is 12.3. The van der Waals surface area contributed by atoms with E-state index < -0.39 is 0 Å². The lowest BCUT2D eigenvalue weighted by atomic mass is 10.1. The average Bonchev–Trinajstić information content (AvgIpc) is 3.06. The molecule has 7 heteroatoms. The fraction of sp³-hybridized carbons (Fsp3) is 0.167. The number of carbonyl (C=O) groups excluding carboxylic acids is 1. The van der Waals surface area contributed by atoms with Crippen LogP contribution in [-0.4, -0.2) is 22.7 Å². The molecule has 2 heterocycles. The van der Waals surface area contributed by atoms with E-state index in [1.807, 2.05) is 43.3 Å². The first-order chi connectivity index (χ1) is 12.1. The first-order valence-corrected chi connectivity index (χ1v) is 8.11. The maximum absolute atomic E-state index is 12.3. The van der Waals surface area contributed by atoms with Gasteiger partial charge in [-0.05, 0) is 36.8 Å².